The van der Waals surface area contributed by atoms with E-state index in [1.165, 1.54) is 12.4 Å². The molecule has 124 valence electrons. The Morgan fingerprint density at radius 2 is 1.92 bits per heavy atom. The summed E-state index contributed by atoms with van der Waals surface area (Å²) in [7, 11) is -3.74. The molecule has 24 heavy (non-hydrogen) atoms. The van der Waals surface area contributed by atoms with Crippen LogP contribution in [0.1, 0.15) is 12.8 Å². The molecule has 3 aromatic rings. The Balaban J connectivity index is 1.65. The highest BCUT2D eigenvalue weighted by Crippen LogP contribution is 2.25. The molecule has 7 nitrogen and oxygen atoms in total. The first-order valence-corrected chi connectivity index (χ1v) is 9.28. The Morgan fingerprint density at radius 1 is 1.12 bits per heavy atom. The van der Waals surface area contributed by atoms with E-state index >= 15 is 0 Å². The predicted octanol–water partition coefficient (Wildman–Crippen LogP) is 2.36. The third-order valence-corrected chi connectivity index (χ3v) is 5.53. The summed E-state index contributed by atoms with van der Waals surface area (Å²) in [6, 6.07) is 7.27. The standard InChI is InChI=1S/C16H17N5O2S/c22-24(23,14-9-18-13-6-2-1-5-12(13)14)20-15-10-17-11-16(19-15)21-7-3-4-8-21/h1-2,5-6,9-11,18H,3-4,7-8H2,(H,19,20). The average Bonchev–Trinajstić information content (AvgIpc) is 3.25. The van der Waals surface area contributed by atoms with Gasteiger partial charge in [-0.2, -0.15) is 0 Å². The Hall–Kier alpha value is -2.61. The van der Waals surface area contributed by atoms with E-state index in [9.17, 15) is 8.42 Å². The molecule has 1 aromatic carbocycles. The number of hydrogen-bond donors (Lipinski definition) is 2. The van der Waals surface area contributed by atoms with E-state index in [0.717, 1.165) is 31.4 Å². The molecule has 0 saturated carbocycles. The molecule has 1 aliphatic rings. The first kappa shape index (κ1) is 14.9. The van der Waals surface area contributed by atoms with Gasteiger partial charge in [0.25, 0.3) is 10.0 Å². The van der Waals surface area contributed by atoms with Crippen LogP contribution in [0.5, 0.6) is 0 Å². The number of aromatic amines is 1. The average molecular weight is 343 g/mol. The first-order valence-electron chi connectivity index (χ1n) is 7.79. The molecule has 0 aliphatic carbocycles. The lowest BCUT2D eigenvalue weighted by Crippen LogP contribution is -2.20. The van der Waals surface area contributed by atoms with Gasteiger partial charge < -0.3 is 9.88 Å². The summed E-state index contributed by atoms with van der Waals surface area (Å²) in [4.78, 5) is 13.8. The van der Waals surface area contributed by atoms with Gasteiger partial charge in [-0.05, 0) is 18.9 Å². The molecule has 2 aromatic heterocycles. The number of anilines is 2. The molecule has 1 fully saturated rings. The lowest BCUT2D eigenvalue weighted by Gasteiger charge is -2.16. The minimum atomic E-state index is -3.74. The molecule has 3 heterocycles. The maximum atomic E-state index is 12.7. The quantitative estimate of drug-likeness (QED) is 0.759. The maximum absolute atomic E-state index is 12.7. The zero-order chi connectivity index (χ0) is 16.6. The number of H-pyrrole nitrogens is 1. The van der Waals surface area contributed by atoms with Crippen molar-refractivity contribution in [3.63, 3.8) is 0 Å². The van der Waals surface area contributed by atoms with Crippen LogP contribution in [0.25, 0.3) is 10.9 Å². The highest BCUT2D eigenvalue weighted by molar-refractivity contribution is 7.93. The Labute approximate surface area is 139 Å². The second-order valence-electron chi connectivity index (χ2n) is 5.76. The predicted molar refractivity (Wildman–Crippen MR) is 92.6 cm³/mol. The highest BCUT2D eigenvalue weighted by Gasteiger charge is 2.21. The van der Waals surface area contributed by atoms with Gasteiger partial charge in [-0.1, -0.05) is 18.2 Å². The van der Waals surface area contributed by atoms with Gasteiger partial charge in [-0.15, -0.1) is 0 Å². The van der Waals surface area contributed by atoms with Gasteiger partial charge in [-0.25, -0.2) is 13.4 Å². The zero-order valence-corrected chi connectivity index (χ0v) is 13.8. The van der Waals surface area contributed by atoms with E-state index in [4.69, 9.17) is 0 Å². The molecule has 0 unspecified atom stereocenters. The second-order valence-corrected chi connectivity index (χ2v) is 7.41. The topological polar surface area (TPSA) is 91.0 Å². The van der Waals surface area contributed by atoms with Gasteiger partial charge >= 0.3 is 0 Å². The summed E-state index contributed by atoms with van der Waals surface area (Å²) in [5, 5.41) is 0.647. The number of aromatic nitrogens is 3. The summed E-state index contributed by atoms with van der Waals surface area (Å²) < 4.78 is 27.9. The highest BCUT2D eigenvalue weighted by atomic mass is 32.2. The third-order valence-electron chi connectivity index (χ3n) is 4.13. The van der Waals surface area contributed by atoms with Crippen molar-refractivity contribution in [1.82, 2.24) is 15.0 Å². The van der Waals surface area contributed by atoms with Crippen LogP contribution in [0.2, 0.25) is 0 Å². The number of hydrogen-bond acceptors (Lipinski definition) is 5. The maximum Gasteiger partial charge on any atom is 0.265 e. The number of rotatable bonds is 4. The molecule has 1 saturated heterocycles. The lowest BCUT2D eigenvalue weighted by atomic mass is 10.2. The molecule has 1 aliphatic heterocycles. The van der Waals surface area contributed by atoms with Crippen molar-refractivity contribution in [2.45, 2.75) is 17.7 Å². The lowest BCUT2D eigenvalue weighted by molar-refractivity contribution is 0.602. The summed E-state index contributed by atoms with van der Waals surface area (Å²) in [5.74, 6) is 0.927. The van der Waals surface area contributed by atoms with Crippen LogP contribution in [0, 0.1) is 0 Å². The number of para-hydroxylation sites is 1. The number of fused-ring (bicyclic) bond motifs is 1. The van der Waals surface area contributed by atoms with Gasteiger partial charge in [0.2, 0.25) is 0 Å². The van der Waals surface area contributed by atoms with Crippen LogP contribution in [0.3, 0.4) is 0 Å². The van der Waals surface area contributed by atoms with Crippen molar-refractivity contribution in [3.05, 3.63) is 42.9 Å². The van der Waals surface area contributed by atoms with Crippen molar-refractivity contribution >= 4 is 32.6 Å². The SMILES string of the molecule is O=S(=O)(Nc1cncc(N2CCCC2)n1)c1c[nH]c2ccccc12. The smallest absolute Gasteiger partial charge is 0.265 e. The summed E-state index contributed by atoms with van der Waals surface area (Å²) >= 11 is 0. The number of nitrogens with one attached hydrogen (secondary N) is 2. The Morgan fingerprint density at radius 3 is 2.75 bits per heavy atom. The van der Waals surface area contributed by atoms with Crippen LogP contribution < -0.4 is 9.62 Å². The molecular weight excluding hydrogens is 326 g/mol. The van der Waals surface area contributed by atoms with Gasteiger partial charge in [-0.3, -0.25) is 9.71 Å². The van der Waals surface area contributed by atoms with E-state index in [1.807, 2.05) is 18.2 Å². The van der Waals surface area contributed by atoms with Crippen LogP contribution >= 0.6 is 0 Å². The molecule has 0 spiro atoms. The molecule has 8 heteroatoms. The fourth-order valence-electron chi connectivity index (χ4n) is 2.96. The zero-order valence-electron chi connectivity index (χ0n) is 12.9. The first-order chi connectivity index (χ1) is 11.6. The largest absolute Gasteiger partial charge is 0.360 e. The van der Waals surface area contributed by atoms with Crippen molar-refractivity contribution in [1.29, 1.82) is 0 Å². The van der Waals surface area contributed by atoms with E-state index < -0.39 is 10.0 Å². The van der Waals surface area contributed by atoms with Crippen LogP contribution in [0.4, 0.5) is 11.6 Å². The Kier molecular flexibility index (Phi) is 3.61. The molecule has 4 rings (SSSR count). The van der Waals surface area contributed by atoms with Gasteiger partial charge in [0, 0.05) is 30.2 Å². The molecule has 2 N–H and O–H groups in total. The van der Waals surface area contributed by atoms with E-state index in [-0.39, 0.29) is 10.7 Å². The number of nitrogens with zero attached hydrogens (tertiary/aromatic N) is 3. The van der Waals surface area contributed by atoms with Crippen molar-refractivity contribution in [3.8, 4) is 0 Å². The normalized spacial score (nSPS) is 15.1. The third kappa shape index (κ3) is 2.69. The van der Waals surface area contributed by atoms with E-state index in [1.54, 1.807) is 12.3 Å². The molecule has 0 amide bonds. The van der Waals surface area contributed by atoms with Crippen molar-refractivity contribution in [2.24, 2.45) is 0 Å². The second kappa shape index (κ2) is 5.79. The molecule has 0 bridgehead atoms. The van der Waals surface area contributed by atoms with Crippen LogP contribution in [-0.4, -0.2) is 36.5 Å². The Bertz CT molecular complexity index is 977. The fourth-order valence-corrected chi connectivity index (χ4v) is 4.13. The number of benzene rings is 1. The van der Waals surface area contributed by atoms with Crippen molar-refractivity contribution in [2.75, 3.05) is 22.7 Å². The van der Waals surface area contributed by atoms with Crippen LogP contribution in [0.15, 0.2) is 47.8 Å². The summed E-state index contributed by atoms with van der Waals surface area (Å²) in [6.45, 7) is 1.85. The van der Waals surface area contributed by atoms with Crippen LogP contribution in [-0.2, 0) is 10.0 Å². The van der Waals surface area contributed by atoms with Crippen molar-refractivity contribution < 1.29 is 8.42 Å². The molecular formula is C16H17N5O2S. The van der Waals surface area contributed by atoms with Gasteiger partial charge in [0.15, 0.2) is 5.82 Å². The molecule has 0 radical (unpaired) electrons. The van der Waals surface area contributed by atoms with Gasteiger partial charge in [0.05, 0.1) is 12.4 Å². The summed E-state index contributed by atoms with van der Waals surface area (Å²) in [5.41, 5.74) is 0.773. The number of sulfonamides is 1. The molecule has 0 atom stereocenters. The summed E-state index contributed by atoms with van der Waals surface area (Å²) in [6.07, 6.45) is 6.81. The van der Waals surface area contributed by atoms with E-state index in [2.05, 4.69) is 24.6 Å². The van der Waals surface area contributed by atoms with Gasteiger partial charge in [0.1, 0.15) is 10.7 Å². The monoisotopic (exact) mass is 343 g/mol. The minimum absolute atomic E-state index is 0.200. The minimum Gasteiger partial charge on any atom is -0.360 e. The fraction of sp³-hybridized carbons (Fsp3) is 0.250. The van der Waals surface area contributed by atoms with E-state index in [0.29, 0.717) is 11.2 Å².